The summed E-state index contributed by atoms with van der Waals surface area (Å²) in [5, 5.41) is 0. The Morgan fingerprint density at radius 2 is 1.82 bits per heavy atom. The Morgan fingerprint density at radius 3 is 2.41 bits per heavy atom. The van der Waals surface area contributed by atoms with E-state index in [1.54, 1.807) is 24.3 Å². The molecule has 0 amide bonds. The first-order chi connectivity index (χ1) is 8.08. The van der Waals surface area contributed by atoms with E-state index in [0.717, 1.165) is 5.56 Å². The number of rotatable bonds is 3. The molecule has 0 radical (unpaired) electrons. The molecule has 0 unspecified atom stereocenters. The zero-order valence-electron chi connectivity index (χ0n) is 9.16. The predicted molar refractivity (Wildman–Crippen MR) is 64.0 cm³/mol. The number of hydrogen-bond donors (Lipinski definition) is 1. The fourth-order valence-electron chi connectivity index (χ4n) is 1.27. The second-order valence-electron chi connectivity index (χ2n) is 3.51. The van der Waals surface area contributed by atoms with E-state index in [0.29, 0.717) is 0 Å². The van der Waals surface area contributed by atoms with Gasteiger partial charge in [0.2, 0.25) is 0 Å². The van der Waals surface area contributed by atoms with Crippen LogP contribution in [0.1, 0.15) is 5.56 Å². The Kier molecular flexibility index (Phi) is 3.06. The molecule has 0 saturated heterocycles. The smallest absolute Gasteiger partial charge is 0.263 e. The van der Waals surface area contributed by atoms with Crippen LogP contribution in [-0.2, 0) is 10.0 Å². The van der Waals surface area contributed by atoms with E-state index in [2.05, 4.69) is 14.7 Å². The molecule has 6 heteroatoms. The number of benzene rings is 1. The van der Waals surface area contributed by atoms with Crippen molar-refractivity contribution in [3.05, 3.63) is 48.4 Å². The van der Waals surface area contributed by atoms with Crippen LogP contribution in [0.5, 0.6) is 0 Å². The third-order valence-electron chi connectivity index (χ3n) is 2.15. The van der Waals surface area contributed by atoms with Crippen molar-refractivity contribution in [2.24, 2.45) is 0 Å². The maximum atomic E-state index is 11.9. The SMILES string of the molecule is Cc1ccc(S(=O)(=O)Nc2ccncn2)cc1. The van der Waals surface area contributed by atoms with Crippen LogP contribution >= 0.6 is 0 Å². The average molecular weight is 249 g/mol. The van der Waals surface area contributed by atoms with E-state index in [1.807, 2.05) is 6.92 Å². The highest BCUT2D eigenvalue weighted by Crippen LogP contribution is 2.13. The molecule has 0 fully saturated rings. The molecule has 0 bridgehead atoms. The molecule has 1 aromatic carbocycles. The molecule has 1 N–H and O–H groups in total. The molecule has 0 spiro atoms. The topological polar surface area (TPSA) is 72.0 Å². The first-order valence-corrected chi connectivity index (χ1v) is 6.42. The molecule has 0 aliphatic heterocycles. The molecule has 0 aliphatic carbocycles. The zero-order chi connectivity index (χ0) is 12.3. The van der Waals surface area contributed by atoms with Gasteiger partial charge in [0.25, 0.3) is 10.0 Å². The largest absolute Gasteiger partial charge is 0.263 e. The van der Waals surface area contributed by atoms with Crippen molar-refractivity contribution in [3.63, 3.8) is 0 Å². The molecular weight excluding hydrogens is 238 g/mol. The summed E-state index contributed by atoms with van der Waals surface area (Å²) in [6.07, 6.45) is 2.76. The van der Waals surface area contributed by atoms with Crippen LogP contribution in [-0.4, -0.2) is 18.4 Å². The van der Waals surface area contributed by atoms with Gasteiger partial charge in [-0.05, 0) is 25.1 Å². The molecule has 0 atom stereocenters. The zero-order valence-corrected chi connectivity index (χ0v) is 9.98. The number of sulfonamides is 1. The van der Waals surface area contributed by atoms with Gasteiger partial charge in [0.1, 0.15) is 12.1 Å². The lowest BCUT2D eigenvalue weighted by Gasteiger charge is -2.06. The van der Waals surface area contributed by atoms with Crippen LogP contribution in [0.25, 0.3) is 0 Å². The Morgan fingerprint density at radius 1 is 1.12 bits per heavy atom. The van der Waals surface area contributed by atoms with Gasteiger partial charge in [-0.2, -0.15) is 0 Å². The standard InChI is InChI=1S/C11H11N3O2S/c1-9-2-4-10(5-3-9)17(15,16)14-11-6-7-12-8-13-11/h2-8H,1H3,(H,12,13,14). The van der Waals surface area contributed by atoms with Crippen molar-refractivity contribution in [1.82, 2.24) is 9.97 Å². The maximum Gasteiger partial charge on any atom is 0.263 e. The van der Waals surface area contributed by atoms with Gasteiger partial charge in [0.05, 0.1) is 4.90 Å². The lowest BCUT2D eigenvalue weighted by atomic mass is 10.2. The Labute approximate surface area is 99.6 Å². The van der Waals surface area contributed by atoms with Crippen LogP contribution in [0.4, 0.5) is 5.82 Å². The van der Waals surface area contributed by atoms with Crippen molar-refractivity contribution in [2.45, 2.75) is 11.8 Å². The summed E-state index contributed by atoms with van der Waals surface area (Å²) in [6, 6.07) is 8.09. The number of nitrogens with zero attached hydrogens (tertiary/aromatic N) is 2. The van der Waals surface area contributed by atoms with Gasteiger partial charge in [-0.25, -0.2) is 18.4 Å². The summed E-state index contributed by atoms with van der Waals surface area (Å²) in [5.41, 5.74) is 1.01. The lowest BCUT2D eigenvalue weighted by molar-refractivity contribution is 0.601. The monoisotopic (exact) mass is 249 g/mol. The van der Waals surface area contributed by atoms with Crippen molar-refractivity contribution in [1.29, 1.82) is 0 Å². The van der Waals surface area contributed by atoms with Crippen molar-refractivity contribution in [2.75, 3.05) is 4.72 Å². The van der Waals surface area contributed by atoms with E-state index in [-0.39, 0.29) is 10.7 Å². The molecule has 17 heavy (non-hydrogen) atoms. The summed E-state index contributed by atoms with van der Waals surface area (Å²) in [4.78, 5) is 7.73. The fourth-order valence-corrected chi connectivity index (χ4v) is 2.27. The average Bonchev–Trinajstić information content (AvgIpc) is 2.30. The summed E-state index contributed by atoms with van der Waals surface area (Å²) in [5.74, 6) is 0.251. The third-order valence-corrected chi connectivity index (χ3v) is 3.52. The lowest BCUT2D eigenvalue weighted by Crippen LogP contribution is -2.13. The number of anilines is 1. The molecule has 1 aromatic heterocycles. The molecule has 0 saturated carbocycles. The highest BCUT2D eigenvalue weighted by molar-refractivity contribution is 7.92. The van der Waals surface area contributed by atoms with E-state index >= 15 is 0 Å². The normalized spacial score (nSPS) is 11.1. The fraction of sp³-hybridized carbons (Fsp3) is 0.0909. The number of aryl methyl sites for hydroxylation is 1. The van der Waals surface area contributed by atoms with Crippen molar-refractivity contribution in [3.8, 4) is 0 Å². The highest BCUT2D eigenvalue weighted by Gasteiger charge is 2.13. The van der Waals surface area contributed by atoms with Gasteiger partial charge in [-0.15, -0.1) is 0 Å². The van der Waals surface area contributed by atoms with Gasteiger partial charge in [-0.1, -0.05) is 17.7 Å². The van der Waals surface area contributed by atoms with Crippen LogP contribution in [0.15, 0.2) is 47.8 Å². The maximum absolute atomic E-state index is 11.9. The minimum absolute atomic E-state index is 0.210. The van der Waals surface area contributed by atoms with Crippen molar-refractivity contribution >= 4 is 15.8 Å². The van der Waals surface area contributed by atoms with E-state index in [9.17, 15) is 8.42 Å². The molecule has 5 nitrogen and oxygen atoms in total. The number of nitrogens with one attached hydrogen (secondary N) is 1. The van der Waals surface area contributed by atoms with Crippen LogP contribution < -0.4 is 4.72 Å². The van der Waals surface area contributed by atoms with Crippen LogP contribution in [0.2, 0.25) is 0 Å². The van der Waals surface area contributed by atoms with Gasteiger partial charge >= 0.3 is 0 Å². The van der Waals surface area contributed by atoms with E-state index in [4.69, 9.17) is 0 Å². The summed E-state index contributed by atoms with van der Waals surface area (Å²) in [7, 11) is -3.57. The summed E-state index contributed by atoms with van der Waals surface area (Å²) in [6.45, 7) is 1.90. The highest BCUT2D eigenvalue weighted by atomic mass is 32.2. The first kappa shape index (κ1) is 11.5. The summed E-state index contributed by atoms with van der Waals surface area (Å²) < 4.78 is 26.3. The number of hydrogen-bond acceptors (Lipinski definition) is 4. The van der Waals surface area contributed by atoms with Gasteiger partial charge in [0, 0.05) is 6.20 Å². The quantitative estimate of drug-likeness (QED) is 0.896. The second kappa shape index (κ2) is 4.50. The number of aromatic nitrogens is 2. The molecule has 1 heterocycles. The molecule has 2 aromatic rings. The van der Waals surface area contributed by atoms with Crippen LogP contribution in [0.3, 0.4) is 0 Å². The third kappa shape index (κ3) is 2.79. The molecule has 2 rings (SSSR count). The summed E-state index contributed by atoms with van der Waals surface area (Å²) >= 11 is 0. The van der Waals surface area contributed by atoms with E-state index in [1.165, 1.54) is 18.6 Å². The van der Waals surface area contributed by atoms with Gasteiger partial charge < -0.3 is 0 Å². The first-order valence-electron chi connectivity index (χ1n) is 4.93. The Bertz CT molecular complexity index is 594. The van der Waals surface area contributed by atoms with Crippen LogP contribution in [0, 0.1) is 6.92 Å². The Hall–Kier alpha value is -1.95. The second-order valence-corrected chi connectivity index (χ2v) is 5.20. The molecular formula is C11H11N3O2S. The predicted octanol–water partition coefficient (Wildman–Crippen LogP) is 1.59. The Balaban J connectivity index is 2.29. The van der Waals surface area contributed by atoms with Crippen molar-refractivity contribution < 1.29 is 8.42 Å². The molecule has 88 valence electrons. The molecule has 0 aliphatic rings. The van der Waals surface area contributed by atoms with Gasteiger partial charge in [0.15, 0.2) is 0 Å². The van der Waals surface area contributed by atoms with Gasteiger partial charge in [-0.3, -0.25) is 4.72 Å². The minimum Gasteiger partial charge on any atom is -0.263 e. The van der Waals surface area contributed by atoms with E-state index < -0.39 is 10.0 Å². The minimum atomic E-state index is -3.57.